The van der Waals surface area contributed by atoms with E-state index in [-0.39, 0.29) is 0 Å². The van der Waals surface area contributed by atoms with Crippen molar-refractivity contribution in [2.45, 2.75) is 32.2 Å². The summed E-state index contributed by atoms with van der Waals surface area (Å²) in [6.07, 6.45) is 3.59. The second-order valence-electron chi connectivity index (χ2n) is 5.84. The van der Waals surface area contributed by atoms with Gasteiger partial charge in [-0.25, -0.2) is 0 Å². The van der Waals surface area contributed by atoms with Crippen molar-refractivity contribution in [2.75, 3.05) is 39.4 Å². The van der Waals surface area contributed by atoms with Gasteiger partial charge in [0, 0.05) is 55.2 Å². The molecule has 4 heteroatoms. The third kappa shape index (κ3) is 3.25. The van der Waals surface area contributed by atoms with Gasteiger partial charge in [-0.3, -0.25) is 4.90 Å². The third-order valence-corrected chi connectivity index (χ3v) is 5.88. The molecule has 0 bridgehead atoms. The Morgan fingerprint density at radius 1 is 1.30 bits per heavy atom. The van der Waals surface area contributed by atoms with Crippen LogP contribution >= 0.6 is 11.3 Å². The minimum Gasteiger partial charge on any atom is -0.381 e. The lowest BCUT2D eigenvalue weighted by Gasteiger charge is -2.40. The fraction of sp³-hybridized carbons (Fsp3) is 0.750. The summed E-state index contributed by atoms with van der Waals surface area (Å²) in [6, 6.07) is 5.33. The monoisotopic (exact) mass is 294 g/mol. The van der Waals surface area contributed by atoms with E-state index in [0.29, 0.717) is 6.04 Å². The van der Waals surface area contributed by atoms with Gasteiger partial charge in [0.25, 0.3) is 0 Å². The zero-order valence-electron chi connectivity index (χ0n) is 12.4. The van der Waals surface area contributed by atoms with Crippen molar-refractivity contribution >= 4 is 11.3 Å². The van der Waals surface area contributed by atoms with E-state index in [0.717, 1.165) is 38.6 Å². The van der Waals surface area contributed by atoms with Crippen molar-refractivity contribution in [1.82, 2.24) is 10.2 Å². The Kier molecular flexibility index (Phi) is 5.10. The van der Waals surface area contributed by atoms with Gasteiger partial charge < -0.3 is 10.1 Å². The number of hydrogen-bond acceptors (Lipinski definition) is 4. The third-order valence-electron chi connectivity index (χ3n) is 4.58. The van der Waals surface area contributed by atoms with Gasteiger partial charge in [0.15, 0.2) is 0 Å². The number of rotatable bonds is 4. The van der Waals surface area contributed by atoms with Crippen LogP contribution in [0.2, 0.25) is 0 Å². The number of hydrogen-bond donors (Lipinski definition) is 1. The van der Waals surface area contributed by atoms with E-state index in [2.05, 4.69) is 29.3 Å². The summed E-state index contributed by atoms with van der Waals surface area (Å²) in [5.74, 6) is 0.769. The molecule has 3 heterocycles. The van der Waals surface area contributed by atoms with Gasteiger partial charge in [-0.1, -0.05) is 6.92 Å². The Hall–Kier alpha value is -0.420. The molecule has 2 aliphatic heterocycles. The first-order valence-electron chi connectivity index (χ1n) is 7.99. The highest BCUT2D eigenvalue weighted by atomic mass is 32.1. The van der Waals surface area contributed by atoms with E-state index < -0.39 is 0 Å². The first kappa shape index (κ1) is 14.5. The van der Waals surface area contributed by atoms with E-state index >= 15 is 0 Å². The van der Waals surface area contributed by atoms with Crippen LogP contribution in [-0.2, 0) is 11.2 Å². The molecule has 1 aromatic rings. The first-order valence-corrected chi connectivity index (χ1v) is 8.81. The van der Waals surface area contributed by atoms with Crippen molar-refractivity contribution < 1.29 is 4.74 Å². The molecule has 1 atom stereocenters. The molecule has 1 aromatic heterocycles. The molecule has 2 aliphatic rings. The van der Waals surface area contributed by atoms with Crippen LogP contribution in [0.1, 0.15) is 35.6 Å². The van der Waals surface area contributed by atoms with Crippen molar-refractivity contribution in [3.8, 4) is 0 Å². The standard InChI is InChI=1S/C16H26N2OS/c1-2-14-3-4-15(20-14)16(13-5-11-19-12-6-13)18-9-7-17-8-10-18/h3-4,13,16-17H,2,5-12H2,1H3/t16-/m0/s1. The molecular weight excluding hydrogens is 268 g/mol. The van der Waals surface area contributed by atoms with Gasteiger partial charge in [-0.2, -0.15) is 0 Å². The fourth-order valence-corrected chi connectivity index (χ4v) is 4.63. The van der Waals surface area contributed by atoms with Crippen molar-refractivity contribution in [3.05, 3.63) is 21.9 Å². The SMILES string of the molecule is CCc1ccc([C@H](C2CCOCC2)N2CCNCC2)s1. The number of ether oxygens (including phenoxy) is 1. The van der Waals surface area contributed by atoms with Crippen molar-refractivity contribution in [2.24, 2.45) is 5.92 Å². The summed E-state index contributed by atoms with van der Waals surface area (Å²) in [7, 11) is 0. The lowest BCUT2D eigenvalue weighted by molar-refractivity contribution is 0.0223. The molecular formula is C16H26N2OS. The quantitative estimate of drug-likeness (QED) is 0.924. The highest BCUT2D eigenvalue weighted by molar-refractivity contribution is 7.12. The van der Waals surface area contributed by atoms with E-state index in [1.165, 1.54) is 30.8 Å². The molecule has 1 N–H and O–H groups in total. The number of thiophene rings is 1. The molecule has 0 unspecified atom stereocenters. The Morgan fingerprint density at radius 3 is 2.70 bits per heavy atom. The highest BCUT2D eigenvalue weighted by Gasteiger charge is 2.32. The molecule has 0 aromatic carbocycles. The van der Waals surface area contributed by atoms with Crippen molar-refractivity contribution in [1.29, 1.82) is 0 Å². The maximum absolute atomic E-state index is 5.57. The smallest absolute Gasteiger partial charge is 0.0472 e. The topological polar surface area (TPSA) is 24.5 Å². The second kappa shape index (κ2) is 7.03. The molecule has 0 radical (unpaired) electrons. The van der Waals surface area contributed by atoms with E-state index in [9.17, 15) is 0 Å². The van der Waals surface area contributed by atoms with Crippen LogP contribution in [0.15, 0.2) is 12.1 Å². The van der Waals surface area contributed by atoms with E-state index in [4.69, 9.17) is 4.74 Å². The normalized spacial score (nSPS) is 23.9. The molecule has 0 spiro atoms. The highest BCUT2D eigenvalue weighted by Crippen LogP contribution is 2.38. The van der Waals surface area contributed by atoms with Crippen LogP contribution < -0.4 is 5.32 Å². The van der Waals surface area contributed by atoms with Crippen LogP contribution in [-0.4, -0.2) is 44.3 Å². The van der Waals surface area contributed by atoms with Crippen molar-refractivity contribution in [3.63, 3.8) is 0 Å². The average Bonchev–Trinajstić information content (AvgIpc) is 2.98. The molecule has 0 saturated carbocycles. The predicted molar refractivity (Wildman–Crippen MR) is 84.4 cm³/mol. The maximum atomic E-state index is 5.57. The van der Waals surface area contributed by atoms with Gasteiger partial charge in [0.1, 0.15) is 0 Å². The van der Waals surface area contributed by atoms with E-state index in [1.54, 1.807) is 4.88 Å². The molecule has 2 saturated heterocycles. The first-order chi connectivity index (χ1) is 9.88. The maximum Gasteiger partial charge on any atom is 0.0472 e. The van der Waals surface area contributed by atoms with Crippen LogP contribution in [0.4, 0.5) is 0 Å². The summed E-state index contributed by atoms with van der Waals surface area (Å²) in [4.78, 5) is 5.81. The Morgan fingerprint density at radius 2 is 2.05 bits per heavy atom. The predicted octanol–water partition coefficient (Wildman–Crippen LogP) is 2.68. The summed E-state index contributed by atoms with van der Waals surface area (Å²) in [5.41, 5.74) is 0. The summed E-state index contributed by atoms with van der Waals surface area (Å²) < 4.78 is 5.57. The second-order valence-corrected chi connectivity index (χ2v) is 7.04. The van der Waals surface area contributed by atoms with Crippen LogP contribution in [0.3, 0.4) is 0 Å². The van der Waals surface area contributed by atoms with Crippen LogP contribution in [0, 0.1) is 5.92 Å². The fourth-order valence-electron chi connectivity index (χ4n) is 3.45. The number of nitrogens with zero attached hydrogens (tertiary/aromatic N) is 1. The average molecular weight is 294 g/mol. The zero-order chi connectivity index (χ0) is 13.8. The Balaban J connectivity index is 1.81. The molecule has 0 amide bonds. The molecule has 3 rings (SSSR count). The van der Waals surface area contributed by atoms with Crippen LogP contribution in [0.25, 0.3) is 0 Å². The number of piperazine rings is 1. The minimum absolute atomic E-state index is 0.617. The van der Waals surface area contributed by atoms with Gasteiger partial charge in [-0.15, -0.1) is 11.3 Å². The lowest BCUT2D eigenvalue weighted by Crippen LogP contribution is -2.47. The summed E-state index contributed by atoms with van der Waals surface area (Å²) in [5, 5.41) is 3.48. The molecule has 2 fully saturated rings. The molecule has 20 heavy (non-hydrogen) atoms. The van der Waals surface area contributed by atoms with Gasteiger partial charge >= 0.3 is 0 Å². The molecule has 0 aliphatic carbocycles. The summed E-state index contributed by atoms with van der Waals surface area (Å²) in [6.45, 7) is 8.77. The number of aryl methyl sites for hydroxylation is 1. The minimum atomic E-state index is 0.617. The van der Waals surface area contributed by atoms with Gasteiger partial charge in [0.05, 0.1) is 0 Å². The molecule has 3 nitrogen and oxygen atoms in total. The number of nitrogens with one attached hydrogen (secondary N) is 1. The van der Waals surface area contributed by atoms with Crippen LogP contribution in [0.5, 0.6) is 0 Å². The van der Waals surface area contributed by atoms with Gasteiger partial charge in [0.2, 0.25) is 0 Å². The van der Waals surface area contributed by atoms with Gasteiger partial charge in [-0.05, 0) is 37.3 Å². The lowest BCUT2D eigenvalue weighted by atomic mass is 9.89. The summed E-state index contributed by atoms with van der Waals surface area (Å²) >= 11 is 2.03. The zero-order valence-corrected chi connectivity index (χ0v) is 13.3. The molecule has 112 valence electrons. The Bertz CT molecular complexity index is 390. The largest absolute Gasteiger partial charge is 0.381 e. The Labute approximate surface area is 126 Å². The van der Waals surface area contributed by atoms with E-state index in [1.807, 2.05) is 11.3 Å².